The van der Waals surface area contributed by atoms with Gasteiger partial charge in [0.05, 0.1) is 12.2 Å². The standard InChI is InChI=1S/C22H35FN8/c1-4-21-28-27-17-31(21)10-9-25-22(24-5-2)26-16-18-7-8-20(19(23)15-18)30-13-11-29(6-3)12-14-30/h7-8,15,17H,4-6,9-14,16H2,1-3H3,(H2,24,25,26). The lowest BCUT2D eigenvalue weighted by atomic mass is 10.1. The van der Waals surface area contributed by atoms with E-state index in [0.717, 1.165) is 63.6 Å². The predicted octanol–water partition coefficient (Wildman–Crippen LogP) is 1.88. The number of nitrogens with one attached hydrogen (secondary N) is 2. The highest BCUT2D eigenvalue weighted by Gasteiger charge is 2.18. The van der Waals surface area contributed by atoms with Crippen LogP contribution in [0.15, 0.2) is 29.5 Å². The van der Waals surface area contributed by atoms with Gasteiger partial charge >= 0.3 is 0 Å². The lowest BCUT2D eigenvalue weighted by molar-refractivity contribution is 0.270. The molecule has 2 heterocycles. The van der Waals surface area contributed by atoms with Gasteiger partial charge in [0, 0.05) is 52.2 Å². The number of piperazine rings is 1. The summed E-state index contributed by atoms with van der Waals surface area (Å²) in [6.45, 7) is 13.6. The third kappa shape index (κ3) is 6.40. The van der Waals surface area contributed by atoms with Crippen LogP contribution >= 0.6 is 0 Å². The zero-order valence-corrected chi connectivity index (χ0v) is 18.9. The Hall–Kier alpha value is -2.68. The minimum atomic E-state index is -0.171. The second-order valence-electron chi connectivity index (χ2n) is 7.62. The third-order valence-electron chi connectivity index (χ3n) is 5.59. The number of aromatic nitrogens is 3. The molecular formula is C22H35FN8. The molecule has 1 aliphatic heterocycles. The van der Waals surface area contributed by atoms with Crippen molar-refractivity contribution in [2.75, 3.05) is 50.7 Å². The van der Waals surface area contributed by atoms with Crippen molar-refractivity contribution in [1.82, 2.24) is 30.3 Å². The van der Waals surface area contributed by atoms with Crippen LogP contribution in [0.5, 0.6) is 0 Å². The molecule has 3 rings (SSSR count). The molecule has 0 radical (unpaired) electrons. The predicted molar refractivity (Wildman–Crippen MR) is 123 cm³/mol. The van der Waals surface area contributed by atoms with E-state index in [0.29, 0.717) is 24.7 Å². The minimum Gasteiger partial charge on any atom is -0.367 e. The van der Waals surface area contributed by atoms with E-state index in [9.17, 15) is 4.39 Å². The van der Waals surface area contributed by atoms with Gasteiger partial charge in [-0.15, -0.1) is 10.2 Å². The van der Waals surface area contributed by atoms with Gasteiger partial charge in [-0.05, 0) is 31.2 Å². The van der Waals surface area contributed by atoms with E-state index in [1.165, 1.54) is 0 Å². The summed E-state index contributed by atoms with van der Waals surface area (Å²) in [5.74, 6) is 1.51. The van der Waals surface area contributed by atoms with Gasteiger partial charge < -0.3 is 25.0 Å². The third-order valence-corrected chi connectivity index (χ3v) is 5.59. The average Bonchev–Trinajstić information content (AvgIpc) is 3.25. The lowest BCUT2D eigenvalue weighted by Gasteiger charge is -2.35. The summed E-state index contributed by atoms with van der Waals surface area (Å²) >= 11 is 0. The van der Waals surface area contributed by atoms with Crippen molar-refractivity contribution in [2.24, 2.45) is 4.99 Å². The van der Waals surface area contributed by atoms with Crippen molar-refractivity contribution in [3.8, 4) is 0 Å². The minimum absolute atomic E-state index is 0.171. The fraction of sp³-hybridized carbons (Fsp3) is 0.591. The summed E-state index contributed by atoms with van der Waals surface area (Å²) in [5.41, 5.74) is 1.55. The van der Waals surface area contributed by atoms with Crippen LogP contribution in [0.2, 0.25) is 0 Å². The Balaban J connectivity index is 1.55. The fourth-order valence-electron chi connectivity index (χ4n) is 3.76. The second kappa shape index (κ2) is 11.6. The Kier molecular flexibility index (Phi) is 8.63. The highest BCUT2D eigenvalue weighted by atomic mass is 19.1. The zero-order chi connectivity index (χ0) is 22.1. The van der Waals surface area contributed by atoms with Gasteiger partial charge in [-0.3, -0.25) is 0 Å². The quantitative estimate of drug-likeness (QED) is 0.468. The monoisotopic (exact) mass is 430 g/mol. The maximum absolute atomic E-state index is 14.8. The Bertz CT molecular complexity index is 842. The summed E-state index contributed by atoms with van der Waals surface area (Å²) in [7, 11) is 0. The number of nitrogens with zero attached hydrogens (tertiary/aromatic N) is 6. The average molecular weight is 431 g/mol. The highest BCUT2D eigenvalue weighted by Crippen LogP contribution is 2.22. The Morgan fingerprint density at radius 2 is 1.94 bits per heavy atom. The Morgan fingerprint density at radius 3 is 2.61 bits per heavy atom. The second-order valence-corrected chi connectivity index (χ2v) is 7.62. The molecule has 2 N–H and O–H groups in total. The smallest absolute Gasteiger partial charge is 0.191 e. The van der Waals surface area contributed by atoms with Crippen molar-refractivity contribution in [1.29, 1.82) is 0 Å². The maximum Gasteiger partial charge on any atom is 0.191 e. The summed E-state index contributed by atoms with van der Waals surface area (Å²) in [5, 5.41) is 14.6. The van der Waals surface area contributed by atoms with E-state index < -0.39 is 0 Å². The number of aliphatic imine (C=N–C) groups is 1. The lowest BCUT2D eigenvalue weighted by Crippen LogP contribution is -2.46. The Morgan fingerprint density at radius 1 is 1.13 bits per heavy atom. The van der Waals surface area contributed by atoms with Crippen molar-refractivity contribution < 1.29 is 4.39 Å². The molecule has 0 amide bonds. The number of aryl methyl sites for hydroxylation is 1. The van der Waals surface area contributed by atoms with Crippen molar-refractivity contribution in [3.05, 3.63) is 41.7 Å². The van der Waals surface area contributed by atoms with Crippen LogP contribution in [0, 0.1) is 5.82 Å². The summed E-state index contributed by atoms with van der Waals surface area (Å²) in [6, 6.07) is 5.47. The number of guanidine groups is 1. The highest BCUT2D eigenvalue weighted by molar-refractivity contribution is 5.79. The van der Waals surface area contributed by atoms with E-state index >= 15 is 0 Å². The van der Waals surface area contributed by atoms with Gasteiger partial charge in [-0.1, -0.05) is 19.9 Å². The number of benzene rings is 1. The first kappa shape index (κ1) is 23.0. The van der Waals surface area contributed by atoms with Crippen LogP contribution in [0.25, 0.3) is 0 Å². The van der Waals surface area contributed by atoms with E-state index in [-0.39, 0.29) is 5.82 Å². The van der Waals surface area contributed by atoms with Gasteiger partial charge in [-0.2, -0.15) is 0 Å². The molecule has 1 aliphatic rings. The molecule has 0 atom stereocenters. The van der Waals surface area contributed by atoms with Crippen molar-refractivity contribution >= 4 is 11.6 Å². The molecule has 0 bridgehead atoms. The largest absolute Gasteiger partial charge is 0.367 e. The molecule has 1 fully saturated rings. The van der Waals surface area contributed by atoms with Crippen LogP contribution in [0.4, 0.5) is 10.1 Å². The fourth-order valence-corrected chi connectivity index (χ4v) is 3.76. The van der Waals surface area contributed by atoms with Crippen molar-refractivity contribution in [2.45, 2.75) is 40.3 Å². The number of rotatable bonds is 9. The molecule has 0 aliphatic carbocycles. The molecule has 31 heavy (non-hydrogen) atoms. The number of likely N-dealkylation sites (N-methyl/N-ethyl adjacent to an activating group) is 1. The molecule has 1 saturated heterocycles. The maximum atomic E-state index is 14.8. The SMILES string of the molecule is CCNC(=NCc1ccc(N2CCN(CC)CC2)c(F)c1)NCCn1cnnc1CC. The molecule has 170 valence electrons. The van der Waals surface area contributed by atoms with Gasteiger partial charge in [0.2, 0.25) is 0 Å². The Labute approximate surface area is 184 Å². The van der Waals surface area contributed by atoms with Crippen LogP contribution in [0.1, 0.15) is 32.2 Å². The first-order valence-corrected chi connectivity index (χ1v) is 11.3. The normalized spacial score (nSPS) is 15.4. The van der Waals surface area contributed by atoms with Gasteiger partial charge in [-0.25, -0.2) is 9.38 Å². The molecule has 1 aromatic heterocycles. The summed E-state index contributed by atoms with van der Waals surface area (Å²) in [6.07, 6.45) is 2.60. The molecule has 8 nitrogen and oxygen atoms in total. The molecular weight excluding hydrogens is 395 g/mol. The van der Waals surface area contributed by atoms with Crippen LogP contribution in [-0.4, -0.2) is 71.4 Å². The van der Waals surface area contributed by atoms with E-state index in [2.05, 4.69) is 49.5 Å². The van der Waals surface area contributed by atoms with E-state index in [4.69, 9.17) is 0 Å². The van der Waals surface area contributed by atoms with E-state index in [1.807, 2.05) is 23.6 Å². The molecule has 0 unspecified atom stereocenters. The first-order chi connectivity index (χ1) is 15.1. The topological polar surface area (TPSA) is 73.6 Å². The van der Waals surface area contributed by atoms with E-state index in [1.54, 1.807) is 12.4 Å². The summed E-state index contributed by atoms with van der Waals surface area (Å²) in [4.78, 5) is 9.14. The van der Waals surface area contributed by atoms with Crippen LogP contribution in [0.3, 0.4) is 0 Å². The van der Waals surface area contributed by atoms with Crippen LogP contribution in [-0.2, 0) is 19.5 Å². The molecule has 0 spiro atoms. The molecule has 9 heteroatoms. The molecule has 2 aromatic rings. The van der Waals surface area contributed by atoms with Crippen molar-refractivity contribution in [3.63, 3.8) is 0 Å². The van der Waals surface area contributed by atoms with Gasteiger partial charge in [0.1, 0.15) is 18.0 Å². The number of hydrogen-bond donors (Lipinski definition) is 2. The van der Waals surface area contributed by atoms with Gasteiger partial charge in [0.25, 0.3) is 0 Å². The number of hydrogen-bond acceptors (Lipinski definition) is 5. The number of halogens is 1. The molecule has 1 aromatic carbocycles. The van der Waals surface area contributed by atoms with Crippen LogP contribution < -0.4 is 15.5 Å². The number of anilines is 1. The molecule has 0 saturated carbocycles. The first-order valence-electron chi connectivity index (χ1n) is 11.3. The van der Waals surface area contributed by atoms with Gasteiger partial charge in [0.15, 0.2) is 5.96 Å². The zero-order valence-electron chi connectivity index (χ0n) is 18.9. The summed E-state index contributed by atoms with van der Waals surface area (Å²) < 4.78 is 16.8.